The molecule has 146 valence electrons. The molecule has 0 unspecified atom stereocenters. The zero-order chi connectivity index (χ0) is 19.6. The van der Waals surface area contributed by atoms with Crippen LogP contribution in [0.1, 0.15) is 26.2 Å². The fraction of sp³-hybridized carbons (Fsp3) is 0.438. The van der Waals surface area contributed by atoms with E-state index in [1.54, 1.807) is 4.57 Å². The minimum absolute atomic E-state index is 0.000340. The third-order valence-corrected chi connectivity index (χ3v) is 5.27. The molecule has 0 saturated carbocycles. The van der Waals surface area contributed by atoms with Crippen LogP contribution in [0.4, 0.5) is 4.79 Å². The Labute approximate surface area is 165 Å². The minimum atomic E-state index is -0.511. The van der Waals surface area contributed by atoms with Gasteiger partial charge in [0, 0.05) is 19.5 Å². The quantitative estimate of drug-likeness (QED) is 0.403. The Bertz CT molecular complexity index is 775. The molecule has 0 spiro atoms. The van der Waals surface area contributed by atoms with Gasteiger partial charge < -0.3 is 15.6 Å². The van der Waals surface area contributed by atoms with Crippen LogP contribution >= 0.6 is 23.1 Å². The fourth-order valence-electron chi connectivity index (χ4n) is 2.12. The number of primary amides is 1. The number of rotatable bonds is 10. The third kappa shape index (κ3) is 6.68. The Morgan fingerprint density at radius 3 is 2.81 bits per heavy atom. The van der Waals surface area contributed by atoms with Gasteiger partial charge in [-0.15, -0.1) is 21.5 Å². The highest BCUT2D eigenvalue weighted by Gasteiger charge is 2.17. The van der Waals surface area contributed by atoms with Crippen molar-refractivity contribution in [3.05, 3.63) is 17.5 Å². The molecule has 0 aromatic carbocycles. The Balaban J connectivity index is 1.97. The summed E-state index contributed by atoms with van der Waals surface area (Å²) in [6, 6.07) is 3.28. The third-order valence-electron chi connectivity index (χ3n) is 3.44. The van der Waals surface area contributed by atoms with Crippen molar-refractivity contribution in [1.82, 2.24) is 25.4 Å². The van der Waals surface area contributed by atoms with E-state index in [0.29, 0.717) is 24.1 Å². The Hall–Kier alpha value is -2.40. The molecule has 9 nitrogen and oxygen atoms in total. The maximum absolute atomic E-state index is 12.0. The number of nitrogens with zero attached hydrogens (tertiary/aromatic N) is 3. The monoisotopic (exact) mass is 410 g/mol. The summed E-state index contributed by atoms with van der Waals surface area (Å²) >= 11 is 2.64. The molecule has 27 heavy (non-hydrogen) atoms. The second-order valence-corrected chi connectivity index (χ2v) is 7.49. The number of amides is 4. The number of nitrogens with two attached hydrogens (primary N) is 1. The molecule has 0 radical (unpaired) electrons. The summed E-state index contributed by atoms with van der Waals surface area (Å²) in [7, 11) is 0. The van der Waals surface area contributed by atoms with Crippen LogP contribution < -0.4 is 16.4 Å². The highest BCUT2D eigenvalue weighted by atomic mass is 32.2. The van der Waals surface area contributed by atoms with Gasteiger partial charge in [-0.2, -0.15) is 0 Å². The summed E-state index contributed by atoms with van der Waals surface area (Å²) in [4.78, 5) is 35.6. The number of aromatic nitrogens is 3. The van der Waals surface area contributed by atoms with E-state index in [-0.39, 0.29) is 12.2 Å². The van der Waals surface area contributed by atoms with E-state index in [0.717, 1.165) is 29.5 Å². The second-order valence-electron chi connectivity index (χ2n) is 5.60. The molecule has 2 heterocycles. The van der Waals surface area contributed by atoms with Crippen molar-refractivity contribution in [3.8, 4) is 10.7 Å². The summed E-state index contributed by atoms with van der Waals surface area (Å²) in [5, 5.41) is 15.6. The van der Waals surface area contributed by atoms with E-state index in [2.05, 4.69) is 20.8 Å². The van der Waals surface area contributed by atoms with Crippen molar-refractivity contribution < 1.29 is 14.4 Å². The summed E-state index contributed by atoms with van der Waals surface area (Å²) in [6.45, 7) is 2.85. The van der Waals surface area contributed by atoms with Crippen molar-refractivity contribution in [2.75, 3.05) is 12.3 Å². The molecule has 0 aliphatic carbocycles. The zero-order valence-electron chi connectivity index (χ0n) is 14.9. The zero-order valence-corrected chi connectivity index (χ0v) is 16.6. The number of thioether (sulfide) groups is 1. The van der Waals surface area contributed by atoms with E-state index in [4.69, 9.17) is 5.73 Å². The van der Waals surface area contributed by atoms with Crippen molar-refractivity contribution >= 4 is 40.9 Å². The number of imide groups is 1. The number of urea groups is 1. The normalized spacial score (nSPS) is 10.6. The van der Waals surface area contributed by atoms with Crippen LogP contribution in [0.15, 0.2) is 22.7 Å². The van der Waals surface area contributed by atoms with Crippen LogP contribution in [0.2, 0.25) is 0 Å². The molecular formula is C16H22N6O3S2. The molecule has 0 atom stereocenters. The maximum atomic E-state index is 12.0. The summed E-state index contributed by atoms with van der Waals surface area (Å²) in [6.07, 6.45) is 1.94. The molecule has 0 aliphatic rings. The average molecular weight is 411 g/mol. The lowest BCUT2D eigenvalue weighted by Gasteiger charge is -2.08. The van der Waals surface area contributed by atoms with Crippen LogP contribution in [-0.4, -0.2) is 44.9 Å². The van der Waals surface area contributed by atoms with Gasteiger partial charge in [-0.05, 0) is 17.9 Å². The van der Waals surface area contributed by atoms with E-state index < -0.39 is 17.8 Å². The fourth-order valence-corrected chi connectivity index (χ4v) is 3.60. The van der Waals surface area contributed by atoms with Crippen LogP contribution in [0.5, 0.6) is 0 Å². The number of thiophene rings is 1. The first-order valence-corrected chi connectivity index (χ1v) is 10.3. The smallest absolute Gasteiger partial charge is 0.321 e. The Morgan fingerprint density at radius 1 is 1.33 bits per heavy atom. The van der Waals surface area contributed by atoms with E-state index in [9.17, 15) is 14.4 Å². The van der Waals surface area contributed by atoms with Crippen LogP contribution in [0.3, 0.4) is 0 Å². The lowest BCUT2D eigenvalue weighted by atomic mass is 10.3. The van der Waals surface area contributed by atoms with Crippen molar-refractivity contribution in [3.63, 3.8) is 0 Å². The number of carbonyl (C=O) groups excluding carboxylic acids is 3. The van der Waals surface area contributed by atoms with Gasteiger partial charge in [-0.1, -0.05) is 31.2 Å². The number of carbonyl (C=O) groups is 3. The number of nitrogens with one attached hydrogen (secondary N) is 2. The molecule has 0 saturated heterocycles. The maximum Gasteiger partial charge on any atom is 0.321 e. The second kappa shape index (κ2) is 10.7. The number of unbranched alkanes of at least 4 members (excludes halogenated alkanes) is 1. The topological polar surface area (TPSA) is 132 Å². The Morgan fingerprint density at radius 2 is 2.15 bits per heavy atom. The highest BCUT2D eigenvalue weighted by molar-refractivity contribution is 7.99. The minimum Gasteiger partial charge on any atom is -0.370 e. The predicted octanol–water partition coefficient (Wildman–Crippen LogP) is 1.60. The van der Waals surface area contributed by atoms with Gasteiger partial charge in [0.25, 0.3) is 0 Å². The van der Waals surface area contributed by atoms with Crippen LogP contribution in [0.25, 0.3) is 10.7 Å². The molecule has 0 fully saturated rings. The van der Waals surface area contributed by atoms with E-state index >= 15 is 0 Å². The van der Waals surface area contributed by atoms with Gasteiger partial charge in [-0.25, -0.2) is 4.79 Å². The number of hydrogen-bond donors (Lipinski definition) is 3. The van der Waals surface area contributed by atoms with Crippen LogP contribution in [0, 0.1) is 0 Å². The lowest BCUT2D eigenvalue weighted by Crippen LogP contribution is -2.40. The molecular weight excluding hydrogens is 388 g/mol. The standard InChI is InChI=1S/C16H22N6O3S2/c1-2-3-7-18-15(25)19-13(24)10-27-16-21-20-14(11-5-4-9-26-11)22(16)8-6-12(17)23/h4-5,9H,2-3,6-8,10H2,1H3,(H2,17,23)(H2,18,19,24,25). The van der Waals surface area contributed by atoms with E-state index in [1.165, 1.54) is 11.3 Å². The van der Waals surface area contributed by atoms with E-state index in [1.807, 2.05) is 24.4 Å². The highest BCUT2D eigenvalue weighted by Crippen LogP contribution is 2.27. The largest absolute Gasteiger partial charge is 0.370 e. The molecule has 2 aromatic rings. The summed E-state index contributed by atoms with van der Waals surface area (Å²) in [5.41, 5.74) is 5.25. The lowest BCUT2D eigenvalue weighted by molar-refractivity contribution is -0.118. The van der Waals surface area contributed by atoms with Gasteiger partial charge in [0.1, 0.15) is 0 Å². The summed E-state index contributed by atoms with van der Waals surface area (Å²) in [5.74, 6) is -0.249. The van der Waals surface area contributed by atoms with Crippen molar-refractivity contribution in [2.45, 2.75) is 37.9 Å². The van der Waals surface area contributed by atoms with Crippen LogP contribution in [-0.2, 0) is 16.1 Å². The first-order chi connectivity index (χ1) is 13.0. The van der Waals surface area contributed by atoms with Crippen molar-refractivity contribution in [2.24, 2.45) is 5.73 Å². The van der Waals surface area contributed by atoms with Gasteiger partial charge in [-0.3, -0.25) is 14.9 Å². The predicted molar refractivity (Wildman–Crippen MR) is 104 cm³/mol. The first-order valence-electron chi connectivity index (χ1n) is 8.47. The van der Waals surface area contributed by atoms with Gasteiger partial charge >= 0.3 is 6.03 Å². The molecule has 2 rings (SSSR count). The molecule has 4 N–H and O–H groups in total. The Kier molecular flexibility index (Phi) is 8.27. The van der Waals surface area contributed by atoms with Gasteiger partial charge in [0.15, 0.2) is 11.0 Å². The van der Waals surface area contributed by atoms with Gasteiger partial charge in [0.2, 0.25) is 11.8 Å². The molecule has 11 heteroatoms. The average Bonchev–Trinajstić information content (AvgIpc) is 3.27. The van der Waals surface area contributed by atoms with Crippen molar-refractivity contribution in [1.29, 1.82) is 0 Å². The molecule has 0 aliphatic heterocycles. The first kappa shape index (κ1) is 20.9. The van der Waals surface area contributed by atoms with Gasteiger partial charge in [0.05, 0.1) is 10.6 Å². The molecule has 2 aromatic heterocycles. The molecule has 4 amide bonds. The number of hydrogen-bond acceptors (Lipinski definition) is 7. The SMILES string of the molecule is CCCCNC(=O)NC(=O)CSc1nnc(-c2cccs2)n1CCC(N)=O. The molecule has 0 bridgehead atoms. The summed E-state index contributed by atoms with van der Waals surface area (Å²) < 4.78 is 1.76.